The summed E-state index contributed by atoms with van der Waals surface area (Å²) >= 11 is 0. The Balaban J connectivity index is 1.71. The second kappa shape index (κ2) is 6.17. The highest BCUT2D eigenvalue weighted by Crippen LogP contribution is 2.21. The van der Waals surface area contributed by atoms with Crippen molar-refractivity contribution < 1.29 is 5.11 Å². The molecule has 0 bridgehead atoms. The van der Waals surface area contributed by atoms with Gasteiger partial charge < -0.3 is 14.9 Å². The summed E-state index contributed by atoms with van der Waals surface area (Å²) in [6.45, 7) is 11.5. The van der Waals surface area contributed by atoms with Crippen molar-refractivity contribution in [1.82, 2.24) is 9.80 Å². The molecule has 2 saturated heterocycles. The molecule has 2 aliphatic heterocycles. The van der Waals surface area contributed by atoms with E-state index in [0.717, 1.165) is 13.1 Å². The summed E-state index contributed by atoms with van der Waals surface area (Å²) in [5.74, 6) is 0.861. The van der Waals surface area contributed by atoms with Gasteiger partial charge in [-0.25, -0.2) is 0 Å². The summed E-state index contributed by atoms with van der Waals surface area (Å²) in [6.07, 6.45) is 4.08. The van der Waals surface area contributed by atoms with Gasteiger partial charge in [-0.05, 0) is 37.8 Å². The molecule has 0 aromatic heterocycles. The number of nitrogens with zero attached hydrogens (tertiary/aromatic N) is 2. The Morgan fingerprint density at radius 2 is 1.41 bits per heavy atom. The molecule has 0 aromatic rings. The molecule has 2 fully saturated rings. The number of hydrogen-bond acceptors (Lipinski definition) is 3. The monoisotopic (exact) mass is 240 g/mol. The summed E-state index contributed by atoms with van der Waals surface area (Å²) in [5.41, 5.74) is 0. The van der Waals surface area contributed by atoms with Crippen LogP contribution in [-0.2, 0) is 0 Å². The molecule has 0 amide bonds. The van der Waals surface area contributed by atoms with E-state index in [1.807, 2.05) is 0 Å². The molecule has 17 heavy (non-hydrogen) atoms. The van der Waals surface area contributed by atoms with Crippen molar-refractivity contribution in [3.8, 4) is 0 Å². The van der Waals surface area contributed by atoms with Gasteiger partial charge in [0.05, 0.1) is 6.10 Å². The summed E-state index contributed by atoms with van der Waals surface area (Å²) in [5, 5.41) is 9.94. The molecular weight excluding hydrogens is 212 g/mol. The van der Waals surface area contributed by atoms with Crippen LogP contribution in [0.1, 0.15) is 33.1 Å². The predicted molar refractivity (Wildman–Crippen MR) is 71.1 cm³/mol. The van der Waals surface area contributed by atoms with E-state index in [0.29, 0.717) is 11.8 Å². The average molecular weight is 240 g/mol. The Kier molecular flexibility index (Phi) is 4.83. The fourth-order valence-electron chi connectivity index (χ4n) is 3.31. The van der Waals surface area contributed by atoms with Crippen molar-refractivity contribution in [2.75, 3.05) is 39.3 Å². The largest absolute Gasteiger partial charge is 0.392 e. The smallest absolute Gasteiger partial charge is 0.0615 e. The lowest BCUT2D eigenvalue weighted by molar-refractivity contribution is -0.0107. The van der Waals surface area contributed by atoms with Crippen LogP contribution in [0.25, 0.3) is 0 Å². The van der Waals surface area contributed by atoms with Crippen molar-refractivity contribution in [3.05, 3.63) is 0 Å². The molecule has 1 unspecified atom stereocenters. The SMILES string of the molecule is C[C@@H]1CN(CCN2CCCCC2)C[C@H](C)C1O. The van der Waals surface area contributed by atoms with Gasteiger partial charge in [-0.1, -0.05) is 20.3 Å². The first-order valence-corrected chi connectivity index (χ1v) is 7.29. The zero-order valence-corrected chi connectivity index (χ0v) is 11.4. The Labute approximate surface area is 106 Å². The minimum atomic E-state index is -0.0961. The average Bonchev–Trinajstić information content (AvgIpc) is 2.34. The third kappa shape index (κ3) is 3.67. The molecule has 0 aromatic carbocycles. The summed E-state index contributed by atoms with van der Waals surface area (Å²) < 4.78 is 0. The molecule has 2 rings (SSSR count). The molecule has 0 spiro atoms. The van der Waals surface area contributed by atoms with Crippen LogP contribution in [0, 0.1) is 11.8 Å². The van der Waals surface area contributed by atoms with Crippen molar-refractivity contribution >= 4 is 0 Å². The standard InChI is InChI=1S/C14H28N2O/c1-12-10-16(11-13(2)14(12)17)9-8-15-6-4-3-5-7-15/h12-14,17H,3-11H2,1-2H3/t12-,13+,14?. The topological polar surface area (TPSA) is 26.7 Å². The van der Waals surface area contributed by atoms with E-state index in [1.165, 1.54) is 45.4 Å². The van der Waals surface area contributed by atoms with Gasteiger partial charge in [0, 0.05) is 26.2 Å². The van der Waals surface area contributed by atoms with E-state index in [1.54, 1.807) is 0 Å². The highest BCUT2D eigenvalue weighted by molar-refractivity contribution is 4.82. The van der Waals surface area contributed by atoms with Gasteiger partial charge >= 0.3 is 0 Å². The number of rotatable bonds is 3. The third-order valence-corrected chi connectivity index (χ3v) is 4.44. The lowest BCUT2D eigenvalue weighted by atomic mass is 9.88. The van der Waals surface area contributed by atoms with Gasteiger partial charge in [0.1, 0.15) is 0 Å². The molecule has 3 heteroatoms. The van der Waals surface area contributed by atoms with Gasteiger partial charge in [-0.3, -0.25) is 0 Å². The van der Waals surface area contributed by atoms with E-state index in [2.05, 4.69) is 23.6 Å². The maximum Gasteiger partial charge on any atom is 0.0615 e. The number of aliphatic hydroxyl groups is 1. The van der Waals surface area contributed by atoms with Gasteiger partial charge in [0.2, 0.25) is 0 Å². The third-order valence-electron chi connectivity index (χ3n) is 4.44. The first kappa shape index (κ1) is 13.3. The molecule has 3 nitrogen and oxygen atoms in total. The van der Waals surface area contributed by atoms with Crippen LogP contribution < -0.4 is 0 Å². The second-order valence-electron chi connectivity index (χ2n) is 6.11. The van der Waals surface area contributed by atoms with Crippen LogP contribution in [0.4, 0.5) is 0 Å². The normalized spacial score (nSPS) is 37.2. The van der Waals surface area contributed by atoms with E-state index < -0.39 is 0 Å². The maximum absolute atomic E-state index is 9.94. The van der Waals surface area contributed by atoms with Crippen LogP contribution in [0.2, 0.25) is 0 Å². The van der Waals surface area contributed by atoms with Crippen molar-refractivity contribution in [2.24, 2.45) is 11.8 Å². The van der Waals surface area contributed by atoms with Crippen LogP contribution >= 0.6 is 0 Å². The van der Waals surface area contributed by atoms with E-state index in [4.69, 9.17) is 0 Å². The van der Waals surface area contributed by atoms with Gasteiger partial charge in [0.25, 0.3) is 0 Å². The molecular formula is C14H28N2O. The lowest BCUT2D eigenvalue weighted by Crippen LogP contribution is -2.49. The van der Waals surface area contributed by atoms with Crippen LogP contribution in [-0.4, -0.2) is 60.3 Å². The van der Waals surface area contributed by atoms with E-state index >= 15 is 0 Å². The molecule has 2 heterocycles. The van der Waals surface area contributed by atoms with Crippen LogP contribution in [0.15, 0.2) is 0 Å². The first-order chi connectivity index (χ1) is 8.16. The van der Waals surface area contributed by atoms with Gasteiger partial charge in [0.15, 0.2) is 0 Å². The summed E-state index contributed by atoms with van der Waals surface area (Å²) in [7, 11) is 0. The Morgan fingerprint density at radius 3 is 2.00 bits per heavy atom. The number of hydrogen-bond donors (Lipinski definition) is 1. The molecule has 3 atom stereocenters. The minimum absolute atomic E-state index is 0.0961. The number of likely N-dealkylation sites (tertiary alicyclic amines) is 2. The zero-order chi connectivity index (χ0) is 12.3. The minimum Gasteiger partial charge on any atom is -0.392 e. The van der Waals surface area contributed by atoms with Crippen molar-refractivity contribution in [1.29, 1.82) is 0 Å². The lowest BCUT2D eigenvalue weighted by Gasteiger charge is -2.40. The fraction of sp³-hybridized carbons (Fsp3) is 1.00. The second-order valence-corrected chi connectivity index (χ2v) is 6.11. The Morgan fingerprint density at radius 1 is 0.882 bits per heavy atom. The van der Waals surface area contributed by atoms with E-state index in [-0.39, 0.29) is 6.10 Å². The summed E-state index contributed by atoms with van der Waals surface area (Å²) in [4.78, 5) is 5.14. The number of piperidine rings is 2. The quantitative estimate of drug-likeness (QED) is 0.808. The van der Waals surface area contributed by atoms with Gasteiger partial charge in [-0.15, -0.1) is 0 Å². The fourth-order valence-corrected chi connectivity index (χ4v) is 3.31. The molecule has 2 aliphatic rings. The first-order valence-electron chi connectivity index (χ1n) is 7.29. The number of aliphatic hydroxyl groups excluding tert-OH is 1. The highest BCUT2D eigenvalue weighted by atomic mass is 16.3. The molecule has 0 saturated carbocycles. The Bertz CT molecular complexity index is 216. The summed E-state index contributed by atoms with van der Waals surface area (Å²) in [6, 6.07) is 0. The van der Waals surface area contributed by atoms with Crippen LogP contribution in [0.5, 0.6) is 0 Å². The Hall–Kier alpha value is -0.120. The van der Waals surface area contributed by atoms with Crippen molar-refractivity contribution in [3.63, 3.8) is 0 Å². The molecule has 0 aliphatic carbocycles. The zero-order valence-electron chi connectivity index (χ0n) is 11.4. The highest BCUT2D eigenvalue weighted by Gasteiger charge is 2.30. The van der Waals surface area contributed by atoms with Crippen molar-refractivity contribution in [2.45, 2.75) is 39.2 Å². The molecule has 0 radical (unpaired) electrons. The predicted octanol–water partition coefficient (Wildman–Crippen LogP) is 1.42. The molecule has 1 N–H and O–H groups in total. The van der Waals surface area contributed by atoms with Gasteiger partial charge in [-0.2, -0.15) is 0 Å². The molecule has 100 valence electrons. The van der Waals surface area contributed by atoms with E-state index in [9.17, 15) is 5.11 Å². The maximum atomic E-state index is 9.94. The van der Waals surface area contributed by atoms with Crippen LogP contribution in [0.3, 0.4) is 0 Å².